The van der Waals surface area contributed by atoms with Crippen LogP contribution in [0.4, 0.5) is 0 Å². The van der Waals surface area contributed by atoms with Crippen LogP contribution in [0.3, 0.4) is 0 Å². The molecule has 1 N–H and O–H groups in total. The molecule has 6 nitrogen and oxygen atoms in total. The lowest BCUT2D eigenvalue weighted by Crippen LogP contribution is -2.20. The van der Waals surface area contributed by atoms with Crippen molar-refractivity contribution >= 4 is 11.7 Å². The molecule has 0 saturated heterocycles. The number of carbonyl (C=O) groups is 2. The Labute approximate surface area is 138 Å². The average Bonchev–Trinajstić information content (AvgIpc) is 3.06. The standard InChI is InChI=1S/C18H15N3O3/c1-19-18(23)16-15(10-14(22)13-8-5-9-20-11-13)24-21-17(16)12-6-3-2-4-7-12/h2-9,11H,10H2,1H3,(H,19,23). The third-order valence-electron chi connectivity index (χ3n) is 3.57. The maximum Gasteiger partial charge on any atom is 0.256 e. The highest BCUT2D eigenvalue weighted by Crippen LogP contribution is 2.26. The first-order chi connectivity index (χ1) is 11.7. The zero-order valence-electron chi connectivity index (χ0n) is 13.0. The number of ketones is 1. The van der Waals surface area contributed by atoms with E-state index in [0.717, 1.165) is 5.56 Å². The highest BCUT2D eigenvalue weighted by Gasteiger charge is 2.25. The van der Waals surface area contributed by atoms with Crippen LogP contribution in [-0.4, -0.2) is 28.9 Å². The van der Waals surface area contributed by atoms with Gasteiger partial charge in [-0.05, 0) is 12.1 Å². The molecule has 2 aromatic heterocycles. The van der Waals surface area contributed by atoms with E-state index in [4.69, 9.17) is 4.52 Å². The van der Waals surface area contributed by atoms with Crippen LogP contribution in [0, 0.1) is 0 Å². The number of amides is 1. The van der Waals surface area contributed by atoms with Crippen LogP contribution in [0.15, 0.2) is 59.4 Å². The molecule has 0 aliphatic heterocycles. The summed E-state index contributed by atoms with van der Waals surface area (Å²) in [6.45, 7) is 0. The van der Waals surface area contributed by atoms with E-state index in [1.165, 1.54) is 13.2 Å². The van der Waals surface area contributed by atoms with E-state index >= 15 is 0 Å². The van der Waals surface area contributed by atoms with E-state index in [9.17, 15) is 9.59 Å². The molecule has 0 spiro atoms. The van der Waals surface area contributed by atoms with Gasteiger partial charge in [0.1, 0.15) is 11.3 Å². The van der Waals surface area contributed by atoms with Crippen LogP contribution in [0.2, 0.25) is 0 Å². The van der Waals surface area contributed by atoms with Gasteiger partial charge < -0.3 is 9.84 Å². The Hall–Kier alpha value is -3.28. The van der Waals surface area contributed by atoms with Crippen LogP contribution in [0.1, 0.15) is 26.5 Å². The number of nitrogens with one attached hydrogen (secondary N) is 1. The Morgan fingerprint density at radius 3 is 2.58 bits per heavy atom. The topological polar surface area (TPSA) is 85.1 Å². The summed E-state index contributed by atoms with van der Waals surface area (Å²) in [5, 5.41) is 6.57. The summed E-state index contributed by atoms with van der Waals surface area (Å²) in [4.78, 5) is 28.6. The fraction of sp³-hybridized carbons (Fsp3) is 0.111. The minimum atomic E-state index is -0.343. The van der Waals surface area contributed by atoms with Crippen molar-refractivity contribution in [2.24, 2.45) is 0 Å². The molecule has 2 heterocycles. The molecule has 3 rings (SSSR count). The molecule has 0 radical (unpaired) electrons. The Balaban J connectivity index is 1.98. The highest BCUT2D eigenvalue weighted by atomic mass is 16.5. The summed E-state index contributed by atoms with van der Waals surface area (Å²) in [5.74, 6) is -0.296. The zero-order valence-corrected chi connectivity index (χ0v) is 13.0. The van der Waals surface area contributed by atoms with E-state index in [1.807, 2.05) is 30.3 Å². The third kappa shape index (κ3) is 3.08. The fourth-order valence-corrected chi connectivity index (χ4v) is 2.37. The monoisotopic (exact) mass is 321 g/mol. The second-order valence-electron chi connectivity index (χ2n) is 5.12. The van der Waals surface area contributed by atoms with Crippen LogP contribution in [0.25, 0.3) is 11.3 Å². The molecule has 1 amide bonds. The molecule has 0 fully saturated rings. The summed E-state index contributed by atoms with van der Waals surface area (Å²) < 4.78 is 5.31. The predicted molar refractivity (Wildman–Crippen MR) is 87.6 cm³/mol. The first kappa shape index (κ1) is 15.6. The van der Waals surface area contributed by atoms with Crippen LogP contribution in [-0.2, 0) is 6.42 Å². The van der Waals surface area contributed by atoms with Gasteiger partial charge in [0.15, 0.2) is 11.5 Å². The van der Waals surface area contributed by atoms with Gasteiger partial charge in [0.25, 0.3) is 5.91 Å². The molecule has 0 atom stereocenters. The van der Waals surface area contributed by atoms with Gasteiger partial charge in [-0.2, -0.15) is 0 Å². The molecule has 6 heteroatoms. The number of hydrogen-bond donors (Lipinski definition) is 1. The van der Waals surface area contributed by atoms with Crippen molar-refractivity contribution in [3.05, 3.63) is 71.7 Å². The first-order valence-electron chi connectivity index (χ1n) is 7.40. The predicted octanol–water partition coefficient (Wildman–Crippen LogP) is 2.52. The lowest BCUT2D eigenvalue weighted by Gasteiger charge is -2.03. The van der Waals surface area contributed by atoms with E-state index in [1.54, 1.807) is 18.3 Å². The molecule has 120 valence electrons. The Kier molecular flexibility index (Phi) is 4.47. The second kappa shape index (κ2) is 6.87. The maximum absolute atomic E-state index is 12.4. The van der Waals surface area contributed by atoms with E-state index < -0.39 is 0 Å². The largest absolute Gasteiger partial charge is 0.359 e. The second-order valence-corrected chi connectivity index (χ2v) is 5.12. The fourth-order valence-electron chi connectivity index (χ4n) is 2.37. The molecule has 1 aromatic carbocycles. The SMILES string of the molecule is CNC(=O)c1c(-c2ccccc2)noc1CC(=O)c1cccnc1. The van der Waals surface area contributed by atoms with Crippen LogP contribution < -0.4 is 5.32 Å². The van der Waals surface area contributed by atoms with Gasteiger partial charge in [-0.15, -0.1) is 0 Å². The molecule has 0 unspecified atom stereocenters. The molecule has 24 heavy (non-hydrogen) atoms. The van der Waals surface area contributed by atoms with E-state index in [0.29, 0.717) is 11.3 Å². The summed E-state index contributed by atoms with van der Waals surface area (Å²) in [5.41, 5.74) is 1.91. The van der Waals surface area contributed by atoms with Gasteiger partial charge in [0.05, 0.1) is 6.42 Å². The summed E-state index contributed by atoms with van der Waals surface area (Å²) in [6, 6.07) is 12.6. The molecule has 0 saturated carbocycles. The average molecular weight is 321 g/mol. The number of Topliss-reactive ketones (excluding diaryl/α,β-unsaturated/α-hetero) is 1. The number of pyridine rings is 1. The number of rotatable bonds is 5. The normalized spacial score (nSPS) is 10.4. The highest BCUT2D eigenvalue weighted by molar-refractivity contribution is 6.03. The van der Waals surface area contributed by atoms with Crippen molar-refractivity contribution in [3.8, 4) is 11.3 Å². The van der Waals surface area contributed by atoms with Crippen molar-refractivity contribution in [2.75, 3.05) is 7.05 Å². The van der Waals surface area contributed by atoms with Gasteiger partial charge in [-0.1, -0.05) is 35.5 Å². The quantitative estimate of drug-likeness (QED) is 0.730. The molecular formula is C18H15N3O3. The summed E-state index contributed by atoms with van der Waals surface area (Å²) >= 11 is 0. The number of carbonyl (C=O) groups excluding carboxylic acids is 2. The van der Waals surface area contributed by atoms with E-state index in [2.05, 4.69) is 15.5 Å². The third-order valence-corrected chi connectivity index (χ3v) is 3.57. The van der Waals surface area contributed by atoms with E-state index in [-0.39, 0.29) is 29.4 Å². The lowest BCUT2D eigenvalue weighted by molar-refractivity contribution is 0.0960. The first-order valence-corrected chi connectivity index (χ1v) is 7.40. The van der Waals surface area contributed by atoms with Crippen molar-refractivity contribution in [1.29, 1.82) is 0 Å². The molecule has 0 bridgehead atoms. The van der Waals surface area contributed by atoms with Gasteiger partial charge in [0, 0.05) is 30.6 Å². The maximum atomic E-state index is 12.4. The minimum absolute atomic E-state index is 0.0612. The van der Waals surface area contributed by atoms with Gasteiger partial charge in [0.2, 0.25) is 0 Å². The Morgan fingerprint density at radius 1 is 1.12 bits per heavy atom. The zero-order chi connectivity index (χ0) is 16.9. The lowest BCUT2D eigenvalue weighted by atomic mass is 10.0. The van der Waals surface area contributed by atoms with Crippen molar-refractivity contribution in [2.45, 2.75) is 6.42 Å². The Morgan fingerprint density at radius 2 is 1.92 bits per heavy atom. The molecule has 3 aromatic rings. The van der Waals surface area contributed by atoms with Crippen molar-refractivity contribution < 1.29 is 14.1 Å². The van der Waals surface area contributed by atoms with Gasteiger partial charge in [-0.25, -0.2) is 0 Å². The number of nitrogens with zero attached hydrogens (tertiary/aromatic N) is 2. The number of aromatic nitrogens is 2. The smallest absolute Gasteiger partial charge is 0.256 e. The van der Waals surface area contributed by atoms with Crippen LogP contribution >= 0.6 is 0 Å². The summed E-state index contributed by atoms with van der Waals surface area (Å²) in [7, 11) is 1.52. The summed E-state index contributed by atoms with van der Waals surface area (Å²) in [6.07, 6.45) is 3.01. The van der Waals surface area contributed by atoms with Crippen molar-refractivity contribution in [1.82, 2.24) is 15.5 Å². The van der Waals surface area contributed by atoms with Crippen LogP contribution in [0.5, 0.6) is 0 Å². The van der Waals surface area contributed by atoms with Gasteiger partial charge >= 0.3 is 0 Å². The molecule has 0 aliphatic rings. The number of benzene rings is 1. The molecular weight excluding hydrogens is 306 g/mol. The van der Waals surface area contributed by atoms with Crippen molar-refractivity contribution in [3.63, 3.8) is 0 Å². The Bertz CT molecular complexity index is 858. The number of hydrogen-bond acceptors (Lipinski definition) is 5. The minimum Gasteiger partial charge on any atom is -0.359 e. The van der Waals surface area contributed by atoms with Gasteiger partial charge in [-0.3, -0.25) is 14.6 Å². The molecule has 0 aliphatic carbocycles.